The number of hydrogen-bond acceptors (Lipinski definition) is 5. The molecule has 6 nitrogen and oxygen atoms in total. The lowest BCUT2D eigenvalue weighted by molar-refractivity contribution is -0.384. The van der Waals surface area contributed by atoms with Gasteiger partial charge in [-0.3, -0.25) is 10.1 Å². The first-order valence-corrected chi connectivity index (χ1v) is 6.01. The van der Waals surface area contributed by atoms with Crippen molar-refractivity contribution in [1.82, 2.24) is 0 Å². The zero-order valence-corrected chi connectivity index (χ0v) is 11.5. The van der Waals surface area contributed by atoms with Gasteiger partial charge in [-0.25, -0.2) is 0 Å². The van der Waals surface area contributed by atoms with E-state index in [1.54, 1.807) is 13.2 Å². The Kier molecular flexibility index (Phi) is 5.26. The molecule has 1 aromatic carbocycles. The fourth-order valence-corrected chi connectivity index (χ4v) is 1.45. The topological polar surface area (TPSA) is 87.6 Å². The normalized spacial score (nSPS) is 11.5. The molecule has 0 aliphatic heterocycles. The van der Waals surface area contributed by atoms with Gasteiger partial charge < -0.3 is 15.2 Å². The van der Waals surface area contributed by atoms with Crippen LogP contribution in [0.4, 0.5) is 11.4 Å². The summed E-state index contributed by atoms with van der Waals surface area (Å²) in [6.45, 7) is 4.80. The first kappa shape index (κ1) is 15.4. The highest BCUT2D eigenvalue weighted by molar-refractivity contribution is 5.59. The number of hydrogen-bond donors (Lipinski definition) is 1. The van der Waals surface area contributed by atoms with Gasteiger partial charge in [-0.1, -0.05) is 6.07 Å². The summed E-state index contributed by atoms with van der Waals surface area (Å²) in [5.41, 5.74) is 6.10. The molecule has 0 unspecified atom stereocenters. The fourth-order valence-electron chi connectivity index (χ4n) is 1.45. The van der Waals surface area contributed by atoms with E-state index in [9.17, 15) is 10.1 Å². The predicted octanol–water partition coefficient (Wildman–Crippen LogP) is 2.51. The minimum atomic E-state index is -0.493. The van der Waals surface area contributed by atoms with Gasteiger partial charge in [-0.2, -0.15) is 0 Å². The molecule has 0 aromatic heterocycles. The second-order valence-electron chi connectivity index (χ2n) is 4.92. The summed E-state index contributed by atoms with van der Waals surface area (Å²) in [6, 6.07) is 4.69. The molecule has 0 amide bonds. The minimum Gasteiger partial charge on any atom is -0.393 e. The molecule has 0 saturated carbocycles. The molecule has 0 spiro atoms. The lowest BCUT2D eigenvalue weighted by Gasteiger charge is -2.22. The van der Waals surface area contributed by atoms with Gasteiger partial charge in [-0.05, 0) is 31.9 Å². The van der Waals surface area contributed by atoms with Crippen molar-refractivity contribution >= 4 is 11.4 Å². The third-order valence-electron chi connectivity index (χ3n) is 2.96. The Hall–Kier alpha value is -1.66. The van der Waals surface area contributed by atoms with Crippen molar-refractivity contribution in [2.45, 2.75) is 32.5 Å². The molecule has 0 fully saturated rings. The lowest BCUT2D eigenvalue weighted by Crippen LogP contribution is -2.24. The molecular weight excluding hydrogens is 248 g/mol. The molecule has 1 rings (SSSR count). The largest absolute Gasteiger partial charge is 0.393 e. The summed E-state index contributed by atoms with van der Waals surface area (Å²) in [4.78, 5) is 10.2. The van der Waals surface area contributed by atoms with Crippen molar-refractivity contribution < 1.29 is 14.4 Å². The number of nitrogen functional groups attached to an aromatic ring is 1. The number of anilines is 1. The smallest absolute Gasteiger partial charge is 0.292 e. The van der Waals surface area contributed by atoms with E-state index in [4.69, 9.17) is 15.2 Å². The third-order valence-corrected chi connectivity index (χ3v) is 2.96. The molecule has 6 heteroatoms. The highest BCUT2D eigenvalue weighted by Gasteiger charge is 2.16. The molecule has 106 valence electrons. The van der Waals surface area contributed by atoms with E-state index < -0.39 is 4.92 Å². The average Bonchev–Trinajstić information content (AvgIpc) is 2.36. The molecule has 0 radical (unpaired) electrons. The second-order valence-corrected chi connectivity index (χ2v) is 4.92. The van der Waals surface area contributed by atoms with Crippen LogP contribution in [0.1, 0.15) is 25.8 Å². The van der Waals surface area contributed by atoms with Crippen molar-refractivity contribution in [2.24, 2.45) is 0 Å². The zero-order chi connectivity index (χ0) is 14.5. The summed E-state index contributed by atoms with van der Waals surface area (Å²) in [6.07, 6.45) is 0.751. The first-order valence-electron chi connectivity index (χ1n) is 6.01. The zero-order valence-electron chi connectivity index (χ0n) is 11.5. The summed E-state index contributed by atoms with van der Waals surface area (Å²) in [5.74, 6) is 0. The van der Waals surface area contributed by atoms with Crippen molar-refractivity contribution in [3.63, 3.8) is 0 Å². The van der Waals surface area contributed by atoms with E-state index in [0.717, 1.165) is 12.0 Å². The first-order chi connectivity index (χ1) is 8.85. The van der Waals surface area contributed by atoms with Gasteiger partial charge in [0.2, 0.25) is 0 Å². The van der Waals surface area contributed by atoms with Gasteiger partial charge in [0.05, 0.1) is 17.1 Å². The molecule has 19 heavy (non-hydrogen) atoms. The van der Waals surface area contributed by atoms with Crippen molar-refractivity contribution in [1.29, 1.82) is 0 Å². The quantitative estimate of drug-likeness (QED) is 0.355. The van der Waals surface area contributed by atoms with E-state index in [1.807, 2.05) is 13.8 Å². The summed E-state index contributed by atoms with van der Waals surface area (Å²) >= 11 is 0. The van der Waals surface area contributed by atoms with Crippen molar-refractivity contribution in [2.75, 3.05) is 19.5 Å². The van der Waals surface area contributed by atoms with Gasteiger partial charge in [0, 0.05) is 19.8 Å². The average molecular weight is 268 g/mol. The number of nitro groups is 1. The number of nitro benzene ring substituents is 1. The lowest BCUT2D eigenvalue weighted by atomic mass is 10.1. The van der Waals surface area contributed by atoms with Gasteiger partial charge in [0.1, 0.15) is 5.69 Å². The Morgan fingerprint density at radius 1 is 1.42 bits per heavy atom. The van der Waals surface area contributed by atoms with Crippen LogP contribution in [0.25, 0.3) is 0 Å². The summed E-state index contributed by atoms with van der Waals surface area (Å²) in [5, 5.41) is 10.7. The molecule has 0 heterocycles. The molecule has 0 aliphatic carbocycles. The van der Waals surface area contributed by atoms with Crippen LogP contribution < -0.4 is 5.73 Å². The van der Waals surface area contributed by atoms with Gasteiger partial charge in [0.25, 0.3) is 5.69 Å². The number of benzene rings is 1. The molecule has 0 atom stereocenters. The second kappa shape index (κ2) is 6.49. The maximum Gasteiger partial charge on any atom is 0.292 e. The van der Waals surface area contributed by atoms with Gasteiger partial charge in [-0.15, -0.1) is 0 Å². The maximum absolute atomic E-state index is 10.7. The highest BCUT2D eigenvalue weighted by Crippen LogP contribution is 2.22. The van der Waals surface area contributed by atoms with Crippen molar-refractivity contribution in [3.8, 4) is 0 Å². The number of rotatable bonds is 7. The molecule has 0 bridgehead atoms. The molecule has 0 aliphatic rings. The third kappa shape index (κ3) is 4.84. The van der Waals surface area contributed by atoms with Crippen LogP contribution in [0.2, 0.25) is 0 Å². The Morgan fingerprint density at radius 2 is 2.11 bits per heavy atom. The highest BCUT2D eigenvalue weighted by atomic mass is 16.6. The van der Waals surface area contributed by atoms with Crippen molar-refractivity contribution in [3.05, 3.63) is 33.9 Å². The van der Waals surface area contributed by atoms with Gasteiger partial charge in [0.15, 0.2) is 0 Å². The minimum absolute atomic E-state index is 0.0849. The van der Waals surface area contributed by atoms with Crippen LogP contribution in [0.3, 0.4) is 0 Å². The summed E-state index contributed by atoms with van der Waals surface area (Å²) < 4.78 is 10.8. The van der Waals surface area contributed by atoms with Crippen LogP contribution in [-0.4, -0.2) is 24.2 Å². The fraction of sp³-hybridized carbons (Fsp3) is 0.538. The van der Waals surface area contributed by atoms with E-state index in [1.165, 1.54) is 12.1 Å². The van der Waals surface area contributed by atoms with Crippen LogP contribution in [0.5, 0.6) is 0 Å². The number of ether oxygens (including phenoxy) is 2. The van der Waals surface area contributed by atoms with E-state index in [2.05, 4.69) is 0 Å². The van der Waals surface area contributed by atoms with E-state index in [0.29, 0.717) is 13.2 Å². The summed E-state index contributed by atoms with van der Waals surface area (Å²) in [7, 11) is 1.66. The van der Waals surface area contributed by atoms with Crippen LogP contribution in [-0.2, 0) is 16.1 Å². The van der Waals surface area contributed by atoms with E-state index >= 15 is 0 Å². The molecule has 0 saturated heterocycles. The number of methoxy groups -OCH3 is 1. The van der Waals surface area contributed by atoms with Crippen LogP contribution >= 0.6 is 0 Å². The monoisotopic (exact) mass is 268 g/mol. The van der Waals surface area contributed by atoms with Crippen LogP contribution in [0.15, 0.2) is 18.2 Å². The Balaban J connectivity index is 2.50. The Morgan fingerprint density at radius 3 is 2.68 bits per heavy atom. The van der Waals surface area contributed by atoms with Crippen LogP contribution in [0, 0.1) is 10.1 Å². The Labute approximate surface area is 112 Å². The molecule has 1 aromatic rings. The number of nitrogens with zero attached hydrogens (tertiary/aromatic N) is 1. The number of nitrogens with two attached hydrogens (primary N) is 1. The Bertz CT molecular complexity index is 446. The maximum atomic E-state index is 10.7. The predicted molar refractivity (Wildman–Crippen MR) is 72.9 cm³/mol. The standard InChI is InChI=1S/C13H20N2O4/c1-13(2,18-3)6-7-19-9-10-4-5-11(14)12(8-10)15(16)17/h4-5,8H,6-7,9,14H2,1-3H3. The van der Waals surface area contributed by atoms with Gasteiger partial charge >= 0.3 is 0 Å². The SMILES string of the molecule is COC(C)(C)CCOCc1ccc(N)c([N+](=O)[O-])c1. The molecular formula is C13H20N2O4. The van der Waals surface area contributed by atoms with E-state index in [-0.39, 0.29) is 17.0 Å². The molecule has 2 N–H and O–H groups in total.